The number of aryl methyl sites for hydroxylation is 3. The van der Waals surface area contributed by atoms with Gasteiger partial charge in [-0.1, -0.05) is 17.7 Å². The molecule has 124 valence electrons. The normalized spacial score (nSPS) is 10.8. The van der Waals surface area contributed by atoms with E-state index in [1.54, 1.807) is 11.3 Å². The topological polar surface area (TPSA) is 59.8 Å². The molecule has 0 saturated carbocycles. The predicted molar refractivity (Wildman–Crippen MR) is 95.9 cm³/mol. The average Bonchev–Trinajstić information content (AvgIpc) is 3.14. The molecule has 3 aromatic rings. The van der Waals surface area contributed by atoms with E-state index in [1.807, 2.05) is 61.2 Å². The Morgan fingerprint density at radius 2 is 1.96 bits per heavy atom. The number of carbonyl (C=O) groups excluding carboxylic acids is 1. The Morgan fingerprint density at radius 1 is 1.21 bits per heavy atom. The van der Waals surface area contributed by atoms with E-state index >= 15 is 0 Å². The molecule has 0 unspecified atom stereocenters. The number of rotatable bonds is 5. The number of nitrogens with one attached hydrogen (secondary N) is 1. The highest BCUT2D eigenvalue weighted by molar-refractivity contribution is 7.12. The maximum atomic E-state index is 12.1. The lowest BCUT2D eigenvalue weighted by molar-refractivity contribution is 0.0954. The number of amides is 1. The van der Waals surface area contributed by atoms with Crippen molar-refractivity contribution in [3.63, 3.8) is 0 Å². The van der Waals surface area contributed by atoms with Crippen LogP contribution in [0, 0.1) is 20.8 Å². The first kappa shape index (κ1) is 16.4. The lowest BCUT2D eigenvalue weighted by Gasteiger charge is -2.04. The van der Waals surface area contributed by atoms with Gasteiger partial charge < -0.3 is 5.32 Å². The molecular weight excluding hydrogens is 320 g/mol. The summed E-state index contributed by atoms with van der Waals surface area (Å²) < 4.78 is 1.86. The van der Waals surface area contributed by atoms with Gasteiger partial charge in [-0.2, -0.15) is 5.10 Å². The van der Waals surface area contributed by atoms with Crippen molar-refractivity contribution in [1.82, 2.24) is 20.1 Å². The summed E-state index contributed by atoms with van der Waals surface area (Å²) in [5.41, 5.74) is 4.84. The molecule has 3 rings (SSSR count). The summed E-state index contributed by atoms with van der Waals surface area (Å²) >= 11 is 1.56. The van der Waals surface area contributed by atoms with Gasteiger partial charge in [0.25, 0.3) is 5.91 Å². The zero-order chi connectivity index (χ0) is 17.1. The van der Waals surface area contributed by atoms with E-state index in [-0.39, 0.29) is 5.91 Å². The highest BCUT2D eigenvalue weighted by Gasteiger charge is 2.09. The van der Waals surface area contributed by atoms with Crippen LogP contribution < -0.4 is 5.32 Å². The number of benzene rings is 1. The van der Waals surface area contributed by atoms with E-state index in [0.717, 1.165) is 27.8 Å². The van der Waals surface area contributed by atoms with Gasteiger partial charge in [0.15, 0.2) is 0 Å². The fourth-order valence-electron chi connectivity index (χ4n) is 2.44. The van der Waals surface area contributed by atoms with Gasteiger partial charge in [0.05, 0.1) is 11.4 Å². The number of hydrogen-bond acceptors (Lipinski definition) is 4. The highest BCUT2D eigenvalue weighted by Crippen LogP contribution is 2.17. The first-order valence-electron chi connectivity index (χ1n) is 7.86. The summed E-state index contributed by atoms with van der Waals surface area (Å²) in [6.07, 6.45) is 0.702. The second-order valence-corrected chi connectivity index (χ2v) is 6.67. The summed E-state index contributed by atoms with van der Waals surface area (Å²) in [5, 5.41) is 10.3. The van der Waals surface area contributed by atoms with Crippen LogP contribution in [0.25, 0.3) is 5.13 Å². The molecule has 6 heteroatoms. The Labute approximate surface area is 145 Å². The quantitative estimate of drug-likeness (QED) is 0.776. The van der Waals surface area contributed by atoms with Crippen LogP contribution in [0.4, 0.5) is 0 Å². The molecule has 1 aromatic carbocycles. The first-order valence-corrected chi connectivity index (χ1v) is 8.74. The summed E-state index contributed by atoms with van der Waals surface area (Å²) in [4.78, 5) is 16.7. The lowest BCUT2D eigenvalue weighted by Crippen LogP contribution is -2.25. The highest BCUT2D eigenvalue weighted by atomic mass is 32.1. The summed E-state index contributed by atoms with van der Waals surface area (Å²) in [7, 11) is 0. The van der Waals surface area contributed by atoms with Gasteiger partial charge >= 0.3 is 0 Å². The largest absolute Gasteiger partial charge is 0.352 e. The number of carbonyl (C=O) groups is 1. The van der Waals surface area contributed by atoms with E-state index in [9.17, 15) is 4.79 Å². The molecule has 0 saturated heterocycles. The molecule has 1 N–H and O–H groups in total. The van der Waals surface area contributed by atoms with E-state index < -0.39 is 0 Å². The van der Waals surface area contributed by atoms with Crippen molar-refractivity contribution < 1.29 is 4.79 Å². The fourth-order valence-corrected chi connectivity index (χ4v) is 3.31. The van der Waals surface area contributed by atoms with Gasteiger partial charge in [0.2, 0.25) is 5.13 Å². The van der Waals surface area contributed by atoms with Crippen LogP contribution in [0.5, 0.6) is 0 Å². The second-order valence-electron chi connectivity index (χ2n) is 5.83. The Morgan fingerprint density at radius 3 is 2.62 bits per heavy atom. The third kappa shape index (κ3) is 3.71. The van der Waals surface area contributed by atoms with Crippen LogP contribution in [0.3, 0.4) is 0 Å². The molecule has 2 heterocycles. The predicted octanol–water partition coefficient (Wildman–Crippen LogP) is 3.23. The molecule has 0 radical (unpaired) electrons. The monoisotopic (exact) mass is 340 g/mol. The van der Waals surface area contributed by atoms with Crippen LogP contribution in [0.2, 0.25) is 0 Å². The molecule has 0 aliphatic rings. The van der Waals surface area contributed by atoms with Crippen LogP contribution in [0.1, 0.15) is 33.0 Å². The molecule has 0 aliphatic carbocycles. The molecule has 0 spiro atoms. The Kier molecular flexibility index (Phi) is 4.76. The minimum Gasteiger partial charge on any atom is -0.352 e. The van der Waals surface area contributed by atoms with Gasteiger partial charge in [-0.25, -0.2) is 9.67 Å². The average molecular weight is 340 g/mol. The molecule has 24 heavy (non-hydrogen) atoms. The smallest absolute Gasteiger partial charge is 0.251 e. The van der Waals surface area contributed by atoms with Gasteiger partial charge in [-0.05, 0) is 39.0 Å². The van der Waals surface area contributed by atoms with E-state index in [1.165, 1.54) is 0 Å². The van der Waals surface area contributed by atoms with Crippen LogP contribution in [-0.2, 0) is 6.42 Å². The van der Waals surface area contributed by atoms with Crippen LogP contribution >= 0.6 is 11.3 Å². The SMILES string of the molecule is Cc1ccc(C(=O)NCCc2csc(-n3nc(C)cc3C)n2)cc1. The standard InChI is InChI=1S/C18H20N4OS/c1-12-4-6-15(7-5-12)17(23)19-9-8-16-11-24-18(20-16)22-14(3)10-13(2)21-22/h4-7,10-11H,8-9H2,1-3H3,(H,19,23). The van der Waals surface area contributed by atoms with Gasteiger partial charge in [-0.15, -0.1) is 11.3 Å². The van der Waals surface area contributed by atoms with Crippen LogP contribution in [-0.4, -0.2) is 27.2 Å². The molecule has 1 amide bonds. The summed E-state index contributed by atoms with van der Waals surface area (Å²) in [6, 6.07) is 9.60. The molecule has 2 aromatic heterocycles. The molecule has 0 atom stereocenters. The van der Waals surface area contributed by atoms with E-state index in [4.69, 9.17) is 0 Å². The molecular formula is C18H20N4OS. The van der Waals surface area contributed by atoms with Crippen molar-refractivity contribution in [2.75, 3.05) is 6.54 Å². The number of aromatic nitrogens is 3. The van der Waals surface area contributed by atoms with Gasteiger partial charge in [0.1, 0.15) is 0 Å². The van der Waals surface area contributed by atoms with Crippen molar-refractivity contribution in [2.24, 2.45) is 0 Å². The second kappa shape index (κ2) is 6.97. The van der Waals surface area contributed by atoms with E-state index in [0.29, 0.717) is 18.5 Å². The van der Waals surface area contributed by atoms with Crippen molar-refractivity contribution in [3.05, 3.63) is 63.9 Å². The first-order chi connectivity index (χ1) is 11.5. The Bertz CT molecular complexity index is 848. The Balaban J connectivity index is 1.57. The van der Waals surface area contributed by atoms with Crippen LogP contribution in [0.15, 0.2) is 35.7 Å². The zero-order valence-electron chi connectivity index (χ0n) is 14.0. The summed E-state index contributed by atoms with van der Waals surface area (Å²) in [6.45, 7) is 6.55. The van der Waals surface area contributed by atoms with Crippen molar-refractivity contribution >= 4 is 17.2 Å². The van der Waals surface area contributed by atoms with E-state index in [2.05, 4.69) is 15.4 Å². The minimum absolute atomic E-state index is 0.0519. The fraction of sp³-hybridized carbons (Fsp3) is 0.278. The molecule has 0 bridgehead atoms. The third-order valence-corrected chi connectivity index (χ3v) is 4.58. The molecule has 0 aliphatic heterocycles. The van der Waals surface area contributed by atoms with Gasteiger partial charge in [0, 0.05) is 29.6 Å². The number of nitrogens with zero attached hydrogens (tertiary/aromatic N) is 3. The molecule has 0 fully saturated rings. The Hall–Kier alpha value is -2.47. The molecule has 5 nitrogen and oxygen atoms in total. The number of thiazole rings is 1. The van der Waals surface area contributed by atoms with Crippen molar-refractivity contribution in [2.45, 2.75) is 27.2 Å². The van der Waals surface area contributed by atoms with Gasteiger partial charge in [-0.3, -0.25) is 4.79 Å². The third-order valence-electron chi connectivity index (χ3n) is 3.71. The number of hydrogen-bond donors (Lipinski definition) is 1. The van der Waals surface area contributed by atoms with Crippen molar-refractivity contribution in [1.29, 1.82) is 0 Å². The maximum Gasteiger partial charge on any atom is 0.251 e. The van der Waals surface area contributed by atoms with Crippen molar-refractivity contribution in [3.8, 4) is 5.13 Å². The lowest BCUT2D eigenvalue weighted by atomic mass is 10.1. The minimum atomic E-state index is -0.0519. The maximum absolute atomic E-state index is 12.1. The summed E-state index contributed by atoms with van der Waals surface area (Å²) in [5.74, 6) is -0.0519. The zero-order valence-corrected chi connectivity index (χ0v) is 14.9.